The van der Waals surface area contributed by atoms with Gasteiger partial charge < -0.3 is 14.8 Å². The Morgan fingerprint density at radius 3 is 2.90 bits per heavy atom. The molecule has 0 aromatic heterocycles. The van der Waals surface area contributed by atoms with E-state index >= 15 is 0 Å². The molecule has 110 valence electrons. The zero-order valence-electron chi connectivity index (χ0n) is 11.5. The Hall–Kier alpha value is -1.27. The lowest BCUT2D eigenvalue weighted by Crippen LogP contribution is -2.41. The summed E-state index contributed by atoms with van der Waals surface area (Å²) in [5, 5.41) is 3.41. The van der Waals surface area contributed by atoms with E-state index in [1.807, 2.05) is 25.1 Å². The third-order valence-electron chi connectivity index (χ3n) is 3.85. The van der Waals surface area contributed by atoms with E-state index < -0.39 is 9.84 Å². The molecule has 0 saturated carbocycles. The van der Waals surface area contributed by atoms with Crippen molar-refractivity contribution in [2.75, 3.05) is 18.3 Å². The van der Waals surface area contributed by atoms with Gasteiger partial charge in [-0.25, -0.2) is 8.42 Å². The van der Waals surface area contributed by atoms with E-state index in [1.165, 1.54) is 0 Å². The van der Waals surface area contributed by atoms with Crippen molar-refractivity contribution in [3.63, 3.8) is 0 Å². The van der Waals surface area contributed by atoms with Gasteiger partial charge in [0.1, 0.15) is 0 Å². The lowest BCUT2D eigenvalue weighted by Gasteiger charge is -2.26. The smallest absolute Gasteiger partial charge is 0.231 e. The van der Waals surface area contributed by atoms with E-state index in [9.17, 15) is 8.42 Å². The number of rotatable bonds is 3. The van der Waals surface area contributed by atoms with Gasteiger partial charge in [-0.3, -0.25) is 0 Å². The number of nitrogens with one attached hydrogen (secondary N) is 1. The van der Waals surface area contributed by atoms with Crippen LogP contribution in [0.1, 0.15) is 31.4 Å². The number of hydrogen-bond acceptors (Lipinski definition) is 5. The molecule has 3 rings (SSSR count). The average Bonchev–Trinajstić information content (AvgIpc) is 2.84. The monoisotopic (exact) mass is 297 g/mol. The van der Waals surface area contributed by atoms with Crippen LogP contribution < -0.4 is 14.8 Å². The molecule has 2 unspecified atom stereocenters. The minimum Gasteiger partial charge on any atom is -0.454 e. The lowest BCUT2D eigenvalue weighted by molar-refractivity contribution is 0.174. The van der Waals surface area contributed by atoms with Gasteiger partial charge in [0, 0.05) is 12.1 Å². The Morgan fingerprint density at radius 2 is 2.10 bits per heavy atom. The molecular formula is C14H19NO4S. The minimum absolute atomic E-state index is 0.0363. The Morgan fingerprint density at radius 1 is 1.30 bits per heavy atom. The first-order valence-electron chi connectivity index (χ1n) is 6.89. The molecule has 0 radical (unpaired) electrons. The molecule has 0 amide bonds. The second-order valence-corrected chi connectivity index (χ2v) is 7.68. The van der Waals surface area contributed by atoms with E-state index in [2.05, 4.69) is 5.32 Å². The number of fused-ring (bicyclic) bond motifs is 1. The van der Waals surface area contributed by atoms with Crippen molar-refractivity contribution < 1.29 is 17.9 Å². The fourth-order valence-electron chi connectivity index (χ4n) is 2.79. The first-order chi connectivity index (χ1) is 9.53. The Balaban J connectivity index is 1.68. The summed E-state index contributed by atoms with van der Waals surface area (Å²) in [6.07, 6.45) is 1.65. The van der Waals surface area contributed by atoms with Crippen LogP contribution in [0.4, 0.5) is 0 Å². The highest BCUT2D eigenvalue weighted by Gasteiger charge is 2.26. The molecule has 2 atom stereocenters. The van der Waals surface area contributed by atoms with Crippen LogP contribution in [0, 0.1) is 0 Å². The Kier molecular flexibility index (Phi) is 3.60. The molecule has 1 saturated heterocycles. The highest BCUT2D eigenvalue weighted by atomic mass is 32.2. The Labute approximate surface area is 119 Å². The van der Waals surface area contributed by atoms with Gasteiger partial charge in [-0.15, -0.1) is 0 Å². The van der Waals surface area contributed by atoms with Crippen LogP contribution in [0.25, 0.3) is 0 Å². The summed E-state index contributed by atoms with van der Waals surface area (Å²) in [5.74, 6) is 2.08. The summed E-state index contributed by atoms with van der Waals surface area (Å²) in [4.78, 5) is 0. The molecule has 5 nitrogen and oxygen atoms in total. The van der Waals surface area contributed by atoms with E-state index in [4.69, 9.17) is 9.47 Å². The Bertz CT molecular complexity index is 599. The van der Waals surface area contributed by atoms with E-state index in [-0.39, 0.29) is 24.6 Å². The number of ether oxygens (including phenoxy) is 2. The summed E-state index contributed by atoms with van der Waals surface area (Å²) in [6, 6.07) is 5.96. The molecule has 0 aliphatic carbocycles. The fourth-order valence-corrected chi connectivity index (χ4v) is 4.44. The first kappa shape index (κ1) is 13.7. The van der Waals surface area contributed by atoms with Crippen molar-refractivity contribution in [2.45, 2.75) is 31.8 Å². The van der Waals surface area contributed by atoms with Crippen LogP contribution in [0.5, 0.6) is 11.5 Å². The molecule has 1 aromatic rings. The van der Waals surface area contributed by atoms with E-state index in [0.29, 0.717) is 5.75 Å². The van der Waals surface area contributed by atoms with Gasteiger partial charge in [-0.1, -0.05) is 6.07 Å². The van der Waals surface area contributed by atoms with Crippen LogP contribution in [0.2, 0.25) is 0 Å². The molecule has 2 heterocycles. The third kappa shape index (κ3) is 2.91. The molecule has 0 bridgehead atoms. The molecule has 1 fully saturated rings. The van der Waals surface area contributed by atoms with Crippen molar-refractivity contribution >= 4 is 9.84 Å². The molecular weight excluding hydrogens is 278 g/mol. The van der Waals surface area contributed by atoms with Crippen molar-refractivity contribution in [3.8, 4) is 11.5 Å². The van der Waals surface area contributed by atoms with Gasteiger partial charge in [-0.2, -0.15) is 0 Å². The van der Waals surface area contributed by atoms with Crippen LogP contribution in [0.3, 0.4) is 0 Å². The topological polar surface area (TPSA) is 64.6 Å². The molecule has 2 aliphatic rings. The maximum atomic E-state index is 11.7. The lowest BCUT2D eigenvalue weighted by atomic mass is 10.1. The third-order valence-corrected chi connectivity index (χ3v) is 5.67. The molecule has 1 aromatic carbocycles. The predicted octanol–water partition coefficient (Wildman–Crippen LogP) is 1.64. The highest BCUT2D eigenvalue weighted by Crippen LogP contribution is 2.34. The van der Waals surface area contributed by atoms with Gasteiger partial charge in [0.2, 0.25) is 6.79 Å². The first-order valence-corrected chi connectivity index (χ1v) is 8.72. The normalized spacial score (nSPS) is 25.4. The summed E-state index contributed by atoms with van der Waals surface area (Å²) in [5.41, 5.74) is 1.08. The molecule has 6 heteroatoms. The van der Waals surface area contributed by atoms with Gasteiger partial charge in [0.25, 0.3) is 0 Å². The van der Waals surface area contributed by atoms with Crippen LogP contribution in [-0.2, 0) is 9.84 Å². The van der Waals surface area contributed by atoms with Gasteiger partial charge >= 0.3 is 0 Å². The van der Waals surface area contributed by atoms with Crippen LogP contribution in [-0.4, -0.2) is 32.8 Å². The maximum absolute atomic E-state index is 11.7. The number of benzene rings is 1. The maximum Gasteiger partial charge on any atom is 0.231 e. The summed E-state index contributed by atoms with van der Waals surface area (Å²) in [6.45, 7) is 2.31. The zero-order chi connectivity index (χ0) is 14.2. The second kappa shape index (κ2) is 5.26. The molecule has 0 spiro atoms. The molecule has 20 heavy (non-hydrogen) atoms. The van der Waals surface area contributed by atoms with Gasteiger partial charge in [0.05, 0.1) is 11.5 Å². The van der Waals surface area contributed by atoms with Crippen molar-refractivity contribution in [1.82, 2.24) is 5.32 Å². The zero-order valence-corrected chi connectivity index (χ0v) is 12.3. The number of hydrogen-bond donors (Lipinski definition) is 1. The van der Waals surface area contributed by atoms with Crippen molar-refractivity contribution in [3.05, 3.63) is 23.8 Å². The highest BCUT2D eigenvalue weighted by molar-refractivity contribution is 7.91. The summed E-state index contributed by atoms with van der Waals surface area (Å²) < 4.78 is 34.0. The summed E-state index contributed by atoms with van der Waals surface area (Å²) >= 11 is 0. The fraction of sp³-hybridized carbons (Fsp3) is 0.571. The standard InChI is InChI=1S/C14H19NO4S/c1-10(15-12-3-2-6-20(16,17)8-12)11-4-5-13-14(7-11)19-9-18-13/h4-5,7,10,12,15H,2-3,6,8-9H2,1H3. The van der Waals surface area contributed by atoms with E-state index in [1.54, 1.807) is 0 Å². The van der Waals surface area contributed by atoms with Crippen molar-refractivity contribution in [1.29, 1.82) is 0 Å². The second-order valence-electron chi connectivity index (χ2n) is 5.45. The number of sulfone groups is 1. The quantitative estimate of drug-likeness (QED) is 0.919. The van der Waals surface area contributed by atoms with E-state index in [0.717, 1.165) is 29.9 Å². The van der Waals surface area contributed by atoms with Crippen molar-refractivity contribution in [2.24, 2.45) is 0 Å². The van der Waals surface area contributed by atoms with Crippen LogP contribution >= 0.6 is 0 Å². The molecule has 2 aliphatic heterocycles. The summed E-state index contributed by atoms with van der Waals surface area (Å²) in [7, 11) is -2.88. The molecule has 1 N–H and O–H groups in total. The van der Waals surface area contributed by atoms with Gasteiger partial charge in [0.15, 0.2) is 21.3 Å². The SMILES string of the molecule is CC(NC1CCCS(=O)(=O)C1)c1ccc2c(c1)OCO2. The largest absolute Gasteiger partial charge is 0.454 e. The van der Waals surface area contributed by atoms with Gasteiger partial charge in [-0.05, 0) is 37.5 Å². The van der Waals surface area contributed by atoms with Crippen LogP contribution in [0.15, 0.2) is 18.2 Å². The average molecular weight is 297 g/mol. The minimum atomic E-state index is -2.88. The predicted molar refractivity (Wildman–Crippen MR) is 75.8 cm³/mol.